The minimum Gasteiger partial charge on any atom is -0.489 e. The molecule has 0 spiro atoms. The summed E-state index contributed by atoms with van der Waals surface area (Å²) in [5.41, 5.74) is 3.75. The number of benzene rings is 2. The van der Waals surface area contributed by atoms with E-state index in [1.807, 2.05) is 24.3 Å². The molecule has 1 saturated carbocycles. The maximum Gasteiger partial charge on any atom is 0.119 e. The molecular weight excluding hydrogens is 310 g/mol. The van der Waals surface area contributed by atoms with Crippen molar-refractivity contribution < 1.29 is 9.57 Å². The van der Waals surface area contributed by atoms with E-state index in [1.54, 1.807) is 0 Å². The maximum atomic E-state index is 5.88. The molecule has 134 valence electrons. The Bertz CT molecular complexity index is 613. The van der Waals surface area contributed by atoms with Gasteiger partial charge < -0.3 is 4.74 Å². The van der Waals surface area contributed by atoms with Gasteiger partial charge in [0.25, 0.3) is 0 Å². The van der Waals surface area contributed by atoms with Crippen LogP contribution in [0.3, 0.4) is 0 Å². The van der Waals surface area contributed by atoms with Crippen molar-refractivity contribution >= 4 is 0 Å². The van der Waals surface area contributed by atoms with E-state index in [-0.39, 0.29) is 0 Å². The highest BCUT2D eigenvalue weighted by atomic mass is 16.6. The third-order valence-corrected chi connectivity index (χ3v) is 5.14. The molecule has 0 unspecified atom stereocenters. The van der Waals surface area contributed by atoms with Crippen molar-refractivity contribution in [2.45, 2.75) is 64.1 Å². The average molecular weight is 339 g/mol. The molecule has 0 saturated heterocycles. The van der Waals surface area contributed by atoms with Gasteiger partial charge >= 0.3 is 0 Å². The lowest BCUT2D eigenvalue weighted by Crippen LogP contribution is -2.03. The number of nitrogens with two attached hydrogens (primary N) is 1. The molecule has 2 N–H and O–H groups in total. The highest BCUT2D eigenvalue weighted by molar-refractivity contribution is 5.28. The Morgan fingerprint density at radius 2 is 1.28 bits per heavy atom. The summed E-state index contributed by atoms with van der Waals surface area (Å²) in [6, 6.07) is 16.9. The predicted molar refractivity (Wildman–Crippen MR) is 101 cm³/mol. The average Bonchev–Trinajstić information content (AvgIpc) is 2.62. The van der Waals surface area contributed by atoms with E-state index < -0.39 is 0 Å². The van der Waals surface area contributed by atoms with Crippen molar-refractivity contribution in [3.05, 3.63) is 65.2 Å². The summed E-state index contributed by atoms with van der Waals surface area (Å²) in [4.78, 5) is 4.63. The van der Waals surface area contributed by atoms with Crippen molar-refractivity contribution in [3.8, 4) is 5.75 Å². The minimum absolute atomic E-state index is 0.420. The topological polar surface area (TPSA) is 44.5 Å². The second kappa shape index (κ2) is 9.59. The lowest BCUT2D eigenvalue weighted by atomic mass is 9.86. The lowest BCUT2D eigenvalue weighted by Gasteiger charge is -2.20. The van der Waals surface area contributed by atoms with Gasteiger partial charge in [0, 0.05) is 0 Å². The molecule has 1 aliphatic rings. The fraction of sp³-hybridized carbons (Fsp3) is 0.455. The van der Waals surface area contributed by atoms with Crippen LogP contribution in [0, 0.1) is 0 Å². The van der Waals surface area contributed by atoms with Crippen LogP contribution < -0.4 is 10.6 Å². The molecule has 0 atom stereocenters. The van der Waals surface area contributed by atoms with Crippen molar-refractivity contribution in [2.75, 3.05) is 0 Å². The molecule has 3 heteroatoms. The molecule has 0 bridgehead atoms. The van der Waals surface area contributed by atoms with E-state index in [4.69, 9.17) is 10.6 Å². The molecule has 25 heavy (non-hydrogen) atoms. The summed E-state index contributed by atoms with van der Waals surface area (Å²) in [5.74, 6) is 6.69. The summed E-state index contributed by atoms with van der Waals surface area (Å²) >= 11 is 0. The van der Waals surface area contributed by atoms with Crippen LogP contribution in [0.15, 0.2) is 48.5 Å². The molecule has 0 radical (unpaired) electrons. The summed E-state index contributed by atoms with van der Waals surface area (Å²) < 4.78 is 5.88. The lowest BCUT2D eigenvalue weighted by molar-refractivity contribution is 0.124. The van der Waals surface area contributed by atoms with Gasteiger partial charge in [-0.3, -0.25) is 4.84 Å². The first kappa shape index (κ1) is 18.0. The Kier molecular flexibility index (Phi) is 6.89. The SMILES string of the molecule is NOCc1ccc(OCc2ccc(C3CCCCCCC3)cc2)cc1. The first-order valence-electron chi connectivity index (χ1n) is 9.47. The molecule has 0 aromatic heterocycles. The van der Waals surface area contributed by atoms with Crippen LogP contribution in [-0.4, -0.2) is 0 Å². The monoisotopic (exact) mass is 339 g/mol. The number of rotatable bonds is 6. The maximum absolute atomic E-state index is 5.88. The van der Waals surface area contributed by atoms with E-state index in [0.717, 1.165) is 17.2 Å². The third kappa shape index (κ3) is 5.58. The molecule has 3 nitrogen and oxygen atoms in total. The predicted octanol–water partition coefficient (Wildman–Crippen LogP) is 5.48. The Hall–Kier alpha value is -1.84. The van der Waals surface area contributed by atoms with Crippen molar-refractivity contribution in [2.24, 2.45) is 5.90 Å². The Labute approximate surface area is 151 Å². The molecule has 0 amide bonds. The van der Waals surface area contributed by atoms with Gasteiger partial charge in [-0.2, -0.15) is 0 Å². The molecule has 3 rings (SSSR count). The van der Waals surface area contributed by atoms with Gasteiger partial charge in [0.05, 0.1) is 6.61 Å². The highest BCUT2D eigenvalue weighted by Gasteiger charge is 2.13. The van der Waals surface area contributed by atoms with Crippen LogP contribution in [0.2, 0.25) is 0 Å². The second-order valence-electron chi connectivity index (χ2n) is 7.03. The summed E-state index contributed by atoms with van der Waals surface area (Å²) in [7, 11) is 0. The van der Waals surface area contributed by atoms with Gasteiger partial charge in [-0.1, -0.05) is 68.5 Å². The fourth-order valence-corrected chi connectivity index (χ4v) is 3.62. The van der Waals surface area contributed by atoms with Gasteiger partial charge in [-0.25, -0.2) is 5.90 Å². The van der Waals surface area contributed by atoms with Crippen LogP contribution in [0.4, 0.5) is 0 Å². The normalized spacial score (nSPS) is 16.2. The molecule has 2 aromatic rings. The summed E-state index contributed by atoms with van der Waals surface area (Å²) in [6.07, 6.45) is 9.66. The fourth-order valence-electron chi connectivity index (χ4n) is 3.62. The molecular formula is C22H29NO2. The first-order valence-corrected chi connectivity index (χ1v) is 9.47. The van der Waals surface area contributed by atoms with Crippen LogP contribution in [0.25, 0.3) is 0 Å². The van der Waals surface area contributed by atoms with E-state index in [2.05, 4.69) is 29.1 Å². The second-order valence-corrected chi connectivity index (χ2v) is 7.03. The Morgan fingerprint density at radius 3 is 1.92 bits per heavy atom. The Morgan fingerprint density at radius 1 is 0.720 bits per heavy atom. The van der Waals surface area contributed by atoms with E-state index in [0.29, 0.717) is 13.2 Å². The number of ether oxygens (including phenoxy) is 1. The van der Waals surface area contributed by atoms with Gasteiger partial charge in [0.1, 0.15) is 12.4 Å². The first-order chi connectivity index (χ1) is 12.3. The third-order valence-electron chi connectivity index (χ3n) is 5.14. The van der Waals surface area contributed by atoms with Crippen LogP contribution >= 0.6 is 0 Å². The van der Waals surface area contributed by atoms with Crippen LogP contribution in [0.5, 0.6) is 5.75 Å². The molecule has 2 aromatic carbocycles. The van der Waals surface area contributed by atoms with E-state index in [9.17, 15) is 0 Å². The van der Waals surface area contributed by atoms with Crippen LogP contribution in [0.1, 0.15) is 67.6 Å². The van der Waals surface area contributed by atoms with Crippen LogP contribution in [-0.2, 0) is 18.1 Å². The largest absolute Gasteiger partial charge is 0.489 e. The van der Waals surface area contributed by atoms with Crippen molar-refractivity contribution in [3.63, 3.8) is 0 Å². The number of hydrogen-bond acceptors (Lipinski definition) is 3. The van der Waals surface area contributed by atoms with Crippen molar-refractivity contribution in [1.82, 2.24) is 0 Å². The standard InChI is InChI=1S/C22H29NO2/c23-25-17-19-10-14-22(15-11-19)24-16-18-8-12-21(13-9-18)20-6-4-2-1-3-5-7-20/h8-15,20H,1-7,16-17,23H2. The van der Waals surface area contributed by atoms with Gasteiger partial charge in [0.15, 0.2) is 0 Å². The number of hydrogen-bond donors (Lipinski definition) is 1. The zero-order valence-corrected chi connectivity index (χ0v) is 15.0. The minimum atomic E-state index is 0.420. The zero-order valence-electron chi connectivity index (χ0n) is 15.0. The molecule has 1 aliphatic carbocycles. The van der Waals surface area contributed by atoms with E-state index in [1.165, 1.54) is 56.1 Å². The van der Waals surface area contributed by atoms with Gasteiger partial charge in [-0.05, 0) is 47.6 Å². The van der Waals surface area contributed by atoms with E-state index >= 15 is 0 Å². The summed E-state index contributed by atoms with van der Waals surface area (Å²) in [5, 5.41) is 0. The zero-order chi connectivity index (χ0) is 17.3. The summed E-state index contributed by atoms with van der Waals surface area (Å²) in [6.45, 7) is 1.01. The highest BCUT2D eigenvalue weighted by Crippen LogP contribution is 2.31. The Balaban J connectivity index is 1.53. The van der Waals surface area contributed by atoms with Gasteiger partial charge in [0.2, 0.25) is 0 Å². The van der Waals surface area contributed by atoms with Crippen molar-refractivity contribution in [1.29, 1.82) is 0 Å². The molecule has 0 heterocycles. The quantitative estimate of drug-likeness (QED) is 0.708. The smallest absolute Gasteiger partial charge is 0.119 e. The molecule has 1 fully saturated rings. The van der Waals surface area contributed by atoms with Gasteiger partial charge in [-0.15, -0.1) is 0 Å². The molecule has 0 aliphatic heterocycles.